The molecule has 2 N–H and O–H groups in total. The van der Waals surface area contributed by atoms with E-state index in [-0.39, 0.29) is 6.04 Å². The molecule has 1 aliphatic rings. The summed E-state index contributed by atoms with van der Waals surface area (Å²) in [7, 11) is 1.67. The monoisotopic (exact) mass is 395 g/mol. The van der Waals surface area contributed by atoms with Crippen LogP contribution in [0.2, 0.25) is 0 Å². The first-order chi connectivity index (χ1) is 14.8. The second kappa shape index (κ2) is 7.73. The van der Waals surface area contributed by atoms with Gasteiger partial charge in [-0.15, -0.1) is 0 Å². The van der Waals surface area contributed by atoms with Crippen molar-refractivity contribution in [2.75, 3.05) is 7.11 Å². The molecule has 0 amide bonds. The molecule has 4 aromatic rings. The van der Waals surface area contributed by atoms with Crippen LogP contribution in [0, 0.1) is 11.8 Å². The van der Waals surface area contributed by atoms with Crippen molar-refractivity contribution >= 4 is 0 Å². The van der Waals surface area contributed by atoms with Gasteiger partial charge in [0.1, 0.15) is 17.1 Å². The lowest BCUT2D eigenvalue weighted by Crippen LogP contribution is -2.16. The van der Waals surface area contributed by atoms with Crippen LogP contribution < -0.4 is 10.1 Å². The van der Waals surface area contributed by atoms with E-state index in [9.17, 15) is 0 Å². The van der Waals surface area contributed by atoms with Crippen LogP contribution in [0.15, 0.2) is 55.1 Å². The van der Waals surface area contributed by atoms with Crippen LogP contribution in [0.3, 0.4) is 0 Å². The van der Waals surface area contributed by atoms with Crippen LogP contribution in [0.5, 0.6) is 5.75 Å². The Morgan fingerprint density at radius 1 is 1.07 bits per heavy atom. The largest absolute Gasteiger partial charge is 0.497 e. The van der Waals surface area contributed by atoms with E-state index in [1.54, 1.807) is 44.0 Å². The molecule has 0 saturated carbocycles. The predicted octanol–water partition coefficient (Wildman–Crippen LogP) is 2.26. The number of hydrogen-bond acceptors (Lipinski definition) is 7. The fourth-order valence-corrected chi connectivity index (χ4v) is 3.34. The number of rotatable bonds is 3. The van der Waals surface area contributed by atoms with Crippen molar-refractivity contribution in [2.24, 2.45) is 0 Å². The van der Waals surface area contributed by atoms with Crippen LogP contribution in [0.25, 0.3) is 11.5 Å². The molecule has 0 radical (unpaired) electrons. The van der Waals surface area contributed by atoms with Gasteiger partial charge in [-0.3, -0.25) is 10.4 Å². The van der Waals surface area contributed by atoms with Crippen molar-refractivity contribution in [3.63, 3.8) is 0 Å². The molecule has 8 heteroatoms. The van der Waals surface area contributed by atoms with Gasteiger partial charge in [-0.05, 0) is 41.3 Å². The van der Waals surface area contributed by atoms with Gasteiger partial charge < -0.3 is 4.74 Å². The maximum atomic E-state index is 5.32. The first-order valence-electron chi connectivity index (χ1n) is 9.37. The Morgan fingerprint density at radius 3 is 2.87 bits per heavy atom. The lowest BCUT2D eigenvalue weighted by atomic mass is 10.0. The molecular formula is C22H17N7O. The summed E-state index contributed by atoms with van der Waals surface area (Å²) < 4.78 is 5.32. The van der Waals surface area contributed by atoms with Crippen LogP contribution in [0.4, 0.5) is 0 Å². The van der Waals surface area contributed by atoms with Gasteiger partial charge in [0.15, 0.2) is 11.6 Å². The van der Waals surface area contributed by atoms with Crippen LogP contribution in [-0.2, 0) is 6.54 Å². The van der Waals surface area contributed by atoms with Gasteiger partial charge in [-0.2, -0.15) is 5.10 Å². The number of ether oxygens (including phenoxy) is 1. The summed E-state index contributed by atoms with van der Waals surface area (Å²) in [5.41, 5.74) is 4.38. The molecule has 0 bridgehead atoms. The highest BCUT2D eigenvalue weighted by atomic mass is 16.5. The van der Waals surface area contributed by atoms with Crippen LogP contribution in [0.1, 0.15) is 34.3 Å². The number of H-pyrrole nitrogens is 1. The Hall–Kier alpha value is -4.09. The third-order valence-corrected chi connectivity index (χ3v) is 4.81. The number of hydrogen-bond donors (Lipinski definition) is 2. The van der Waals surface area contributed by atoms with E-state index in [4.69, 9.17) is 9.72 Å². The number of nitrogens with zero attached hydrogens (tertiary/aromatic N) is 5. The second-order valence-corrected chi connectivity index (χ2v) is 6.68. The molecule has 0 aliphatic carbocycles. The first kappa shape index (κ1) is 18.0. The number of fused-ring (bicyclic) bond motifs is 1. The maximum absolute atomic E-state index is 5.32. The molecule has 30 heavy (non-hydrogen) atoms. The zero-order valence-electron chi connectivity index (χ0n) is 16.1. The average molecular weight is 395 g/mol. The molecule has 1 unspecified atom stereocenters. The van der Waals surface area contributed by atoms with E-state index in [2.05, 4.69) is 48.4 Å². The van der Waals surface area contributed by atoms with Crippen molar-refractivity contribution in [2.45, 2.75) is 12.6 Å². The van der Waals surface area contributed by atoms with Crippen molar-refractivity contribution in [1.29, 1.82) is 0 Å². The second-order valence-electron chi connectivity index (χ2n) is 6.68. The Labute approximate surface area is 172 Å². The summed E-state index contributed by atoms with van der Waals surface area (Å²) in [6.45, 7) is 0.736. The summed E-state index contributed by atoms with van der Waals surface area (Å²) in [4.78, 5) is 18.1. The van der Waals surface area contributed by atoms with E-state index >= 15 is 0 Å². The number of aromatic nitrogens is 6. The third-order valence-electron chi connectivity index (χ3n) is 4.81. The topological polar surface area (TPSA) is 102 Å². The summed E-state index contributed by atoms with van der Waals surface area (Å²) in [5, 5.41) is 10.1. The quantitative estimate of drug-likeness (QED) is 0.513. The summed E-state index contributed by atoms with van der Waals surface area (Å²) >= 11 is 0. The minimum atomic E-state index is -0.0880. The highest BCUT2D eigenvalue weighted by Crippen LogP contribution is 2.32. The Morgan fingerprint density at radius 2 is 2.00 bits per heavy atom. The van der Waals surface area contributed by atoms with Crippen molar-refractivity contribution in [3.05, 3.63) is 83.3 Å². The van der Waals surface area contributed by atoms with E-state index in [1.165, 1.54) is 5.56 Å². The van der Waals surface area contributed by atoms with E-state index < -0.39 is 0 Å². The van der Waals surface area contributed by atoms with Gasteiger partial charge in [0, 0.05) is 25.1 Å². The lowest BCUT2D eigenvalue weighted by molar-refractivity contribution is 0.414. The number of aromatic amines is 1. The van der Waals surface area contributed by atoms with Gasteiger partial charge >= 0.3 is 0 Å². The van der Waals surface area contributed by atoms with E-state index in [0.717, 1.165) is 23.4 Å². The van der Waals surface area contributed by atoms with Crippen LogP contribution in [-0.4, -0.2) is 37.2 Å². The molecule has 146 valence electrons. The first-order valence-corrected chi connectivity index (χ1v) is 9.37. The molecule has 4 heterocycles. The molecule has 1 aliphatic heterocycles. The minimum Gasteiger partial charge on any atom is -0.497 e. The Balaban J connectivity index is 1.45. The smallest absolute Gasteiger partial charge is 0.179 e. The Bertz CT molecular complexity index is 1260. The van der Waals surface area contributed by atoms with Gasteiger partial charge in [0.25, 0.3) is 0 Å². The number of methoxy groups -OCH3 is 1. The molecule has 8 nitrogen and oxygen atoms in total. The van der Waals surface area contributed by atoms with E-state index in [0.29, 0.717) is 23.0 Å². The molecule has 5 rings (SSSR count). The van der Waals surface area contributed by atoms with Gasteiger partial charge in [-0.1, -0.05) is 12.0 Å². The minimum absolute atomic E-state index is 0.0880. The normalized spacial score (nSPS) is 14.6. The molecule has 0 spiro atoms. The van der Waals surface area contributed by atoms with Crippen molar-refractivity contribution in [1.82, 2.24) is 35.5 Å². The molecule has 3 aromatic heterocycles. The fraction of sp³-hybridized carbons (Fsp3) is 0.136. The SMILES string of the molecule is COc1ccc2c(c1)CNC2c1nccc(-c2nccc(C#Cc3cn[nH]c3)n2)n1. The highest BCUT2D eigenvalue weighted by molar-refractivity contribution is 5.51. The van der Waals surface area contributed by atoms with Crippen LogP contribution >= 0.6 is 0 Å². The van der Waals surface area contributed by atoms with E-state index in [1.807, 2.05) is 12.1 Å². The van der Waals surface area contributed by atoms with Gasteiger partial charge in [0.2, 0.25) is 0 Å². The molecular weight excluding hydrogens is 378 g/mol. The average Bonchev–Trinajstić information content (AvgIpc) is 3.47. The predicted molar refractivity (Wildman–Crippen MR) is 109 cm³/mol. The maximum Gasteiger partial charge on any atom is 0.179 e. The standard InChI is InChI=1S/C22H17N7O/c1-30-17-4-5-18-15(10-17)13-25-20(18)22-24-9-7-19(29-22)21-23-8-6-16(28-21)3-2-14-11-26-27-12-14/h4-12,20,25H,13H2,1H3,(H,26,27). The highest BCUT2D eigenvalue weighted by Gasteiger charge is 2.26. The van der Waals surface area contributed by atoms with Crippen molar-refractivity contribution < 1.29 is 4.74 Å². The molecule has 1 aromatic carbocycles. The molecule has 1 atom stereocenters. The molecule has 0 fully saturated rings. The number of nitrogens with one attached hydrogen (secondary N) is 2. The number of benzene rings is 1. The van der Waals surface area contributed by atoms with Gasteiger partial charge in [0.05, 0.1) is 24.9 Å². The Kier molecular flexibility index (Phi) is 4.63. The fourth-order valence-electron chi connectivity index (χ4n) is 3.34. The zero-order valence-corrected chi connectivity index (χ0v) is 16.1. The zero-order chi connectivity index (χ0) is 20.3. The summed E-state index contributed by atoms with van der Waals surface area (Å²) in [6.07, 6.45) is 6.80. The molecule has 0 saturated heterocycles. The summed E-state index contributed by atoms with van der Waals surface area (Å²) in [6, 6.07) is 9.52. The van der Waals surface area contributed by atoms with Crippen molar-refractivity contribution in [3.8, 4) is 29.1 Å². The third kappa shape index (κ3) is 3.50. The lowest BCUT2D eigenvalue weighted by Gasteiger charge is -2.12. The van der Waals surface area contributed by atoms with Gasteiger partial charge in [-0.25, -0.2) is 19.9 Å². The summed E-state index contributed by atoms with van der Waals surface area (Å²) in [5.74, 6) is 8.05.